The van der Waals surface area contributed by atoms with E-state index in [0.717, 1.165) is 80.4 Å². The number of nitrogens with zero attached hydrogens (tertiary/aromatic N) is 6. The molecule has 0 spiro atoms. The summed E-state index contributed by atoms with van der Waals surface area (Å²) in [6, 6.07) is 14.0. The average Bonchev–Trinajstić information content (AvgIpc) is 3.60. The van der Waals surface area contributed by atoms with Gasteiger partial charge in [0.1, 0.15) is 23.8 Å². The number of nitrogens with one attached hydrogen (secondary N) is 1. The first-order valence-electron chi connectivity index (χ1n) is 14.7. The summed E-state index contributed by atoms with van der Waals surface area (Å²) >= 11 is 0. The Morgan fingerprint density at radius 3 is 2.50 bits per heavy atom. The number of hydrogen-bond donors (Lipinski definition) is 2. The Bertz CT molecular complexity index is 1540. The fourth-order valence-electron chi connectivity index (χ4n) is 5.88. The van der Waals surface area contributed by atoms with Crippen LogP contribution in [0.4, 0.5) is 10.2 Å². The highest BCUT2D eigenvalue weighted by molar-refractivity contribution is 5.94. The Hall–Kier alpha value is -3.83. The SMILES string of the molecule is CCNc1cc2c(cn1)c(-c1ccc(CN3CC[C@@H](F)C3)cc1)nn2C1CCC(Oc2ccc(=O)n(C)n2)CC1.CO.[HH]. The van der Waals surface area contributed by atoms with Gasteiger partial charge >= 0.3 is 0 Å². The van der Waals surface area contributed by atoms with Crippen LogP contribution in [0.3, 0.4) is 0 Å². The zero-order valence-corrected chi connectivity index (χ0v) is 24.5. The minimum Gasteiger partial charge on any atom is -0.473 e. The number of aliphatic hydroxyl groups excluding tert-OH is 1. The van der Waals surface area contributed by atoms with Gasteiger partial charge in [-0.25, -0.2) is 14.1 Å². The van der Waals surface area contributed by atoms with E-state index in [1.807, 2.05) is 6.20 Å². The molecule has 226 valence electrons. The van der Waals surface area contributed by atoms with Crippen molar-refractivity contribution in [3.8, 4) is 17.1 Å². The van der Waals surface area contributed by atoms with Gasteiger partial charge in [0.25, 0.3) is 5.56 Å². The van der Waals surface area contributed by atoms with E-state index < -0.39 is 6.17 Å². The normalized spacial score (nSPS) is 20.7. The largest absolute Gasteiger partial charge is 0.473 e. The third-order valence-electron chi connectivity index (χ3n) is 8.01. The first kappa shape index (κ1) is 29.7. The smallest absolute Gasteiger partial charge is 0.266 e. The Kier molecular flexibility index (Phi) is 9.48. The van der Waals surface area contributed by atoms with Crippen molar-refractivity contribution in [3.05, 3.63) is 64.6 Å². The van der Waals surface area contributed by atoms with Crippen LogP contribution in [0.5, 0.6) is 5.88 Å². The summed E-state index contributed by atoms with van der Waals surface area (Å²) in [5, 5.41) is 20.7. The summed E-state index contributed by atoms with van der Waals surface area (Å²) in [4.78, 5) is 18.5. The van der Waals surface area contributed by atoms with Crippen LogP contribution in [0.1, 0.15) is 52.1 Å². The number of ether oxygens (including phenoxy) is 1. The molecule has 1 aromatic carbocycles. The van der Waals surface area contributed by atoms with Crippen LogP contribution < -0.4 is 15.6 Å². The van der Waals surface area contributed by atoms with Gasteiger partial charge in [0.2, 0.25) is 5.88 Å². The standard InChI is InChI=1S/C30H36FN7O2.CH4O.H2/c1-3-32-27-16-26-25(17-33-27)30(21-6-4-20(5-7-21)18-37-15-14-22(31)19-37)35-38(26)23-8-10-24(11-9-23)40-28-12-13-29(39)36(2)34-28;1-2;/h4-7,12-13,16-17,22-24H,3,8-11,14-15,18-19H2,1-2H3,(H,32,33);2H,1H3;1H/t22-,23?,24?;;/m1../s1. The van der Waals surface area contributed by atoms with E-state index in [9.17, 15) is 9.18 Å². The first-order valence-corrected chi connectivity index (χ1v) is 14.7. The van der Waals surface area contributed by atoms with Crippen molar-refractivity contribution >= 4 is 16.7 Å². The van der Waals surface area contributed by atoms with Gasteiger partial charge in [-0.3, -0.25) is 14.4 Å². The molecule has 1 saturated heterocycles. The van der Waals surface area contributed by atoms with E-state index in [0.29, 0.717) is 18.8 Å². The second-order valence-electron chi connectivity index (χ2n) is 10.9. The maximum absolute atomic E-state index is 13.6. The average molecular weight is 580 g/mol. The first-order chi connectivity index (χ1) is 20.5. The van der Waals surface area contributed by atoms with Crippen LogP contribution in [0.25, 0.3) is 22.2 Å². The highest BCUT2D eigenvalue weighted by atomic mass is 19.1. The zero-order valence-electron chi connectivity index (χ0n) is 24.5. The minimum absolute atomic E-state index is 0. The van der Waals surface area contributed by atoms with Crippen molar-refractivity contribution in [2.24, 2.45) is 7.05 Å². The molecule has 2 fully saturated rings. The Labute approximate surface area is 246 Å². The van der Waals surface area contributed by atoms with Crippen LogP contribution in [0.15, 0.2) is 53.5 Å². The molecule has 4 aromatic rings. The monoisotopic (exact) mass is 579 g/mol. The lowest BCUT2D eigenvalue weighted by Gasteiger charge is -2.29. The molecule has 1 atom stereocenters. The lowest BCUT2D eigenvalue weighted by molar-refractivity contribution is 0.123. The van der Waals surface area contributed by atoms with Crippen LogP contribution >= 0.6 is 0 Å². The predicted octanol–water partition coefficient (Wildman–Crippen LogP) is 4.58. The van der Waals surface area contributed by atoms with E-state index in [4.69, 9.17) is 14.9 Å². The second kappa shape index (κ2) is 13.4. The number of halogens is 1. The molecule has 1 aliphatic carbocycles. The third kappa shape index (κ3) is 6.63. The number of aryl methyl sites for hydroxylation is 1. The predicted molar refractivity (Wildman–Crippen MR) is 164 cm³/mol. The summed E-state index contributed by atoms with van der Waals surface area (Å²) in [7, 11) is 2.63. The van der Waals surface area contributed by atoms with Crippen molar-refractivity contribution < 1.29 is 15.7 Å². The molecule has 0 unspecified atom stereocenters. The molecule has 2 N–H and O–H groups in total. The Morgan fingerprint density at radius 1 is 1.07 bits per heavy atom. The van der Waals surface area contributed by atoms with Crippen LogP contribution in [-0.2, 0) is 13.6 Å². The van der Waals surface area contributed by atoms with Gasteiger partial charge < -0.3 is 15.2 Å². The lowest BCUT2D eigenvalue weighted by atomic mass is 9.93. The fraction of sp³-hybridized carbons (Fsp3) is 0.484. The number of aromatic nitrogens is 5. The highest BCUT2D eigenvalue weighted by Gasteiger charge is 2.27. The molecule has 2 aliphatic rings. The van der Waals surface area contributed by atoms with E-state index in [1.165, 1.54) is 16.3 Å². The summed E-state index contributed by atoms with van der Waals surface area (Å²) in [6.07, 6.45) is 5.50. The van der Waals surface area contributed by atoms with Gasteiger partial charge in [0.15, 0.2) is 0 Å². The molecular weight excluding hydrogens is 537 g/mol. The van der Waals surface area contributed by atoms with Gasteiger partial charge in [-0.05, 0) is 44.6 Å². The van der Waals surface area contributed by atoms with Crippen molar-refractivity contribution in [2.45, 2.75) is 63.9 Å². The molecule has 4 heterocycles. The highest BCUT2D eigenvalue weighted by Crippen LogP contribution is 2.36. The molecule has 0 amide bonds. The molecule has 0 bridgehead atoms. The maximum Gasteiger partial charge on any atom is 0.266 e. The summed E-state index contributed by atoms with van der Waals surface area (Å²) in [6.45, 7) is 4.96. The van der Waals surface area contributed by atoms with Gasteiger partial charge in [-0.15, -0.1) is 5.10 Å². The van der Waals surface area contributed by atoms with E-state index >= 15 is 0 Å². The Morgan fingerprint density at radius 2 is 1.83 bits per heavy atom. The molecule has 10 nitrogen and oxygen atoms in total. The summed E-state index contributed by atoms with van der Waals surface area (Å²) in [5.41, 5.74) is 4.07. The van der Waals surface area contributed by atoms with Crippen LogP contribution in [-0.4, -0.2) is 73.6 Å². The molecule has 3 aromatic heterocycles. The molecule has 11 heteroatoms. The maximum atomic E-state index is 13.6. The van der Waals surface area contributed by atoms with Crippen LogP contribution in [0.2, 0.25) is 0 Å². The molecule has 42 heavy (non-hydrogen) atoms. The lowest BCUT2D eigenvalue weighted by Crippen LogP contribution is -2.27. The third-order valence-corrected chi connectivity index (χ3v) is 8.01. The minimum atomic E-state index is -0.707. The van der Waals surface area contributed by atoms with Gasteiger partial charge in [0, 0.05) is 77.1 Å². The van der Waals surface area contributed by atoms with Gasteiger partial charge in [-0.2, -0.15) is 5.10 Å². The number of pyridine rings is 1. The number of anilines is 1. The Balaban J connectivity index is 0.00000138. The second-order valence-corrected chi connectivity index (χ2v) is 10.9. The number of benzene rings is 1. The number of alkyl halides is 1. The molecule has 6 rings (SSSR count). The van der Waals surface area contributed by atoms with Crippen molar-refractivity contribution in [1.82, 2.24) is 29.4 Å². The topological polar surface area (TPSA) is 110 Å². The number of likely N-dealkylation sites (tertiary alicyclic amines) is 1. The number of hydrogen-bond acceptors (Lipinski definition) is 8. The van der Waals surface area contributed by atoms with Gasteiger partial charge in [0.05, 0.1) is 11.6 Å². The van der Waals surface area contributed by atoms with E-state index in [-0.39, 0.29) is 19.1 Å². The summed E-state index contributed by atoms with van der Waals surface area (Å²) < 4.78 is 23.2. The number of fused-ring (bicyclic) bond motifs is 1. The molecule has 0 radical (unpaired) electrons. The van der Waals surface area contributed by atoms with E-state index in [1.54, 1.807) is 13.1 Å². The molecule has 1 saturated carbocycles. The fourth-order valence-corrected chi connectivity index (χ4v) is 5.88. The van der Waals surface area contributed by atoms with Crippen LogP contribution in [0, 0.1) is 0 Å². The van der Waals surface area contributed by atoms with Crippen molar-refractivity contribution in [3.63, 3.8) is 0 Å². The number of rotatable bonds is 8. The summed E-state index contributed by atoms with van der Waals surface area (Å²) in [5.74, 6) is 1.32. The van der Waals surface area contributed by atoms with Crippen molar-refractivity contribution in [2.75, 3.05) is 32.1 Å². The quantitative estimate of drug-likeness (QED) is 0.312. The van der Waals surface area contributed by atoms with E-state index in [2.05, 4.69) is 62.2 Å². The van der Waals surface area contributed by atoms with Crippen molar-refractivity contribution in [1.29, 1.82) is 0 Å². The zero-order chi connectivity index (χ0) is 29.6. The number of aliphatic hydroxyl groups is 1. The molecule has 1 aliphatic heterocycles. The molecular formula is C31H42FN7O3. The van der Waals surface area contributed by atoms with Gasteiger partial charge in [-0.1, -0.05) is 24.3 Å².